The molecule has 0 bridgehead atoms. The summed E-state index contributed by atoms with van der Waals surface area (Å²) in [6, 6.07) is 5.77. The first-order chi connectivity index (χ1) is 10.1. The van der Waals surface area contributed by atoms with Gasteiger partial charge in [0, 0.05) is 37.8 Å². The second-order valence-corrected chi connectivity index (χ2v) is 6.04. The molecule has 2 heterocycles. The molecule has 2 aliphatic heterocycles. The molecule has 2 unspecified atom stereocenters. The third-order valence-electron chi connectivity index (χ3n) is 4.84. The lowest BCUT2D eigenvalue weighted by atomic mass is 10.0. The van der Waals surface area contributed by atoms with Crippen molar-refractivity contribution in [1.82, 2.24) is 9.80 Å². The van der Waals surface area contributed by atoms with Crippen LogP contribution in [0, 0.1) is 10.1 Å². The number of piperazine rings is 1. The number of nitro groups is 1. The highest BCUT2D eigenvalue weighted by Gasteiger charge is 2.36. The normalized spacial score (nSPS) is 26.7. The van der Waals surface area contributed by atoms with Crippen molar-refractivity contribution < 1.29 is 10.0 Å². The average Bonchev–Trinajstić information content (AvgIpc) is 2.93. The minimum atomic E-state index is -0.531. The van der Waals surface area contributed by atoms with E-state index in [1.807, 2.05) is 0 Å². The molecule has 114 valence electrons. The predicted octanol–water partition coefficient (Wildman–Crippen LogP) is 1.97. The molecular weight excluding hydrogens is 270 g/mol. The third kappa shape index (κ3) is 2.73. The van der Waals surface area contributed by atoms with Gasteiger partial charge in [-0.1, -0.05) is 6.07 Å². The van der Waals surface area contributed by atoms with E-state index < -0.39 is 4.92 Å². The maximum Gasteiger partial charge on any atom is 0.311 e. The van der Waals surface area contributed by atoms with Crippen molar-refractivity contribution in [3.05, 3.63) is 33.9 Å². The molecule has 2 aliphatic rings. The van der Waals surface area contributed by atoms with Gasteiger partial charge in [0.15, 0.2) is 5.75 Å². The summed E-state index contributed by atoms with van der Waals surface area (Å²) in [6.07, 6.45) is 2.51. The summed E-state index contributed by atoms with van der Waals surface area (Å²) in [5.74, 6) is -0.266. The van der Waals surface area contributed by atoms with E-state index in [4.69, 9.17) is 0 Å². The Morgan fingerprint density at radius 1 is 1.38 bits per heavy atom. The monoisotopic (exact) mass is 291 g/mol. The smallest absolute Gasteiger partial charge is 0.311 e. The number of phenols is 1. The van der Waals surface area contributed by atoms with Gasteiger partial charge in [0.2, 0.25) is 0 Å². The number of hydrogen-bond donors (Lipinski definition) is 1. The van der Waals surface area contributed by atoms with Crippen LogP contribution in [0.4, 0.5) is 5.69 Å². The highest BCUT2D eigenvalue weighted by Crippen LogP contribution is 2.30. The van der Waals surface area contributed by atoms with E-state index in [-0.39, 0.29) is 11.4 Å². The fourth-order valence-corrected chi connectivity index (χ4v) is 3.65. The third-order valence-corrected chi connectivity index (χ3v) is 4.84. The van der Waals surface area contributed by atoms with Gasteiger partial charge in [-0.15, -0.1) is 0 Å². The van der Waals surface area contributed by atoms with Crippen molar-refractivity contribution >= 4 is 5.69 Å². The molecule has 2 fully saturated rings. The lowest BCUT2D eigenvalue weighted by molar-refractivity contribution is -0.385. The van der Waals surface area contributed by atoms with Gasteiger partial charge in [0.1, 0.15) is 0 Å². The van der Waals surface area contributed by atoms with Gasteiger partial charge in [0.25, 0.3) is 0 Å². The van der Waals surface area contributed by atoms with Gasteiger partial charge in [-0.05, 0) is 37.9 Å². The number of hydrogen-bond acceptors (Lipinski definition) is 5. The molecule has 2 saturated heterocycles. The van der Waals surface area contributed by atoms with E-state index in [0.717, 1.165) is 18.7 Å². The average molecular weight is 291 g/mol. The molecule has 0 radical (unpaired) electrons. The van der Waals surface area contributed by atoms with E-state index in [1.165, 1.54) is 31.5 Å². The quantitative estimate of drug-likeness (QED) is 0.681. The molecule has 0 aliphatic carbocycles. The number of phenolic OH excluding ortho intramolecular Hbond substituents is 1. The number of nitro benzene ring substituents is 1. The Labute approximate surface area is 124 Å². The highest BCUT2D eigenvalue weighted by atomic mass is 16.6. The standard InChI is InChI=1S/C15H21N3O3/c1-11-13-3-2-6-16(13)7-8-17(11)10-12-4-5-15(19)14(9-12)18(20)21/h4-5,9,11,13,19H,2-3,6-8,10H2,1H3. The van der Waals surface area contributed by atoms with Crippen LogP contribution in [0.3, 0.4) is 0 Å². The zero-order chi connectivity index (χ0) is 15.0. The molecule has 1 N–H and O–H groups in total. The second-order valence-electron chi connectivity index (χ2n) is 6.04. The molecule has 3 rings (SSSR count). The molecule has 2 atom stereocenters. The van der Waals surface area contributed by atoms with Gasteiger partial charge < -0.3 is 5.11 Å². The predicted molar refractivity (Wildman–Crippen MR) is 79.2 cm³/mol. The summed E-state index contributed by atoms with van der Waals surface area (Å²) in [7, 11) is 0. The van der Waals surface area contributed by atoms with Crippen molar-refractivity contribution in [1.29, 1.82) is 0 Å². The van der Waals surface area contributed by atoms with Crippen LogP contribution in [0.2, 0.25) is 0 Å². The Balaban J connectivity index is 1.74. The Bertz CT molecular complexity index is 549. The molecule has 0 spiro atoms. The van der Waals surface area contributed by atoms with E-state index in [9.17, 15) is 15.2 Å². The van der Waals surface area contributed by atoms with Crippen molar-refractivity contribution in [3.63, 3.8) is 0 Å². The number of rotatable bonds is 3. The molecule has 21 heavy (non-hydrogen) atoms. The van der Waals surface area contributed by atoms with Crippen LogP contribution >= 0.6 is 0 Å². The van der Waals surface area contributed by atoms with Gasteiger partial charge in [-0.2, -0.15) is 0 Å². The van der Waals surface area contributed by atoms with E-state index in [1.54, 1.807) is 6.07 Å². The first-order valence-electron chi connectivity index (χ1n) is 7.50. The molecule has 1 aromatic rings. The molecular formula is C15H21N3O3. The van der Waals surface area contributed by atoms with E-state index in [2.05, 4.69) is 16.7 Å². The molecule has 0 amide bonds. The Hall–Kier alpha value is -1.66. The molecule has 6 nitrogen and oxygen atoms in total. The van der Waals surface area contributed by atoms with Crippen LogP contribution in [0.25, 0.3) is 0 Å². The van der Waals surface area contributed by atoms with Gasteiger partial charge in [-0.25, -0.2) is 0 Å². The minimum absolute atomic E-state index is 0.209. The van der Waals surface area contributed by atoms with Gasteiger partial charge >= 0.3 is 5.69 Å². The van der Waals surface area contributed by atoms with Crippen LogP contribution in [0.15, 0.2) is 18.2 Å². The molecule has 0 aromatic heterocycles. The molecule has 0 saturated carbocycles. The van der Waals surface area contributed by atoms with Crippen molar-refractivity contribution in [2.24, 2.45) is 0 Å². The minimum Gasteiger partial charge on any atom is -0.502 e. The Morgan fingerprint density at radius 3 is 2.95 bits per heavy atom. The van der Waals surface area contributed by atoms with E-state index in [0.29, 0.717) is 18.6 Å². The first kappa shape index (κ1) is 14.3. The van der Waals surface area contributed by atoms with Gasteiger partial charge in [-0.3, -0.25) is 19.9 Å². The zero-order valence-electron chi connectivity index (χ0n) is 12.2. The lowest BCUT2D eigenvalue weighted by Crippen LogP contribution is -2.55. The summed E-state index contributed by atoms with van der Waals surface area (Å²) in [4.78, 5) is 15.3. The van der Waals surface area contributed by atoms with Crippen molar-refractivity contribution in [3.8, 4) is 5.75 Å². The van der Waals surface area contributed by atoms with Gasteiger partial charge in [0.05, 0.1) is 4.92 Å². The zero-order valence-corrected chi connectivity index (χ0v) is 12.2. The second kappa shape index (κ2) is 5.61. The SMILES string of the molecule is CC1C2CCCN2CCN1Cc1ccc(O)c([N+](=O)[O-])c1. The summed E-state index contributed by atoms with van der Waals surface area (Å²) >= 11 is 0. The topological polar surface area (TPSA) is 69.8 Å². The molecule has 6 heteroatoms. The number of nitrogens with zero attached hydrogens (tertiary/aromatic N) is 3. The summed E-state index contributed by atoms with van der Waals surface area (Å²) in [5, 5.41) is 20.4. The fourth-order valence-electron chi connectivity index (χ4n) is 3.65. The summed E-state index contributed by atoms with van der Waals surface area (Å²) in [6.45, 7) is 6.22. The van der Waals surface area contributed by atoms with Crippen molar-refractivity contribution in [2.75, 3.05) is 19.6 Å². The van der Waals surface area contributed by atoms with Crippen LogP contribution < -0.4 is 0 Å². The Morgan fingerprint density at radius 2 is 2.19 bits per heavy atom. The maximum atomic E-state index is 10.9. The molecule has 1 aromatic carbocycles. The lowest BCUT2D eigenvalue weighted by Gasteiger charge is -2.43. The van der Waals surface area contributed by atoms with Crippen LogP contribution in [0.1, 0.15) is 25.3 Å². The Kier molecular flexibility index (Phi) is 3.82. The van der Waals surface area contributed by atoms with E-state index >= 15 is 0 Å². The number of benzene rings is 1. The van der Waals surface area contributed by atoms with Crippen LogP contribution in [-0.4, -0.2) is 51.5 Å². The number of aromatic hydroxyl groups is 1. The number of fused-ring (bicyclic) bond motifs is 1. The largest absolute Gasteiger partial charge is 0.502 e. The van der Waals surface area contributed by atoms with Crippen LogP contribution in [0.5, 0.6) is 5.75 Å². The highest BCUT2D eigenvalue weighted by molar-refractivity contribution is 5.47. The summed E-state index contributed by atoms with van der Waals surface area (Å²) < 4.78 is 0. The maximum absolute atomic E-state index is 10.9. The summed E-state index contributed by atoms with van der Waals surface area (Å²) in [5.41, 5.74) is 0.678. The van der Waals surface area contributed by atoms with Crippen LogP contribution in [-0.2, 0) is 6.54 Å². The fraction of sp³-hybridized carbons (Fsp3) is 0.600. The van der Waals surface area contributed by atoms with Crippen molar-refractivity contribution in [2.45, 2.75) is 38.4 Å². The first-order valence-corrected chi connectivity index (χ1v) is 7.50.